The average molecular weight is 348 g/mol. The van der Waals surface area contributed by atoms with Crippen molar-refractivity contribution in [1.29, 1.82) is 0 Å². The largest absolute Gasteiger partial charge is 0.325 e. The van der Waals surface area contributed by atoms with Crippen LogP contribution < -0.4 is 15.4 Å². The van der Waals surface area contributed by atoms with Crippen molar-refractivity contribution in [2.75, 3.05) is 0 Å². The Balaban J connectivity index is 2.35. The van der Waals surface area contributed by atoms with E-state index >= 15 is 0 Å². The van der Waals surface area contributed by atoms with Gasteiger partial charge in [-0.2, -0.15) is 0 Å². The minimum Gasteiger partial charge on any atom is -0.325 e. The predicted octanol–water partition coefficient (Wildman–Crippen LogP) is 4.41. The van der Waals surface area contributed by atoms with Crippen LogP contribution in [0.25, 0.3) is 0 Å². The number of hydrogen-bond acceptors (Lipinski definition) is 1. The van der Waals surface area contributed by atoms with Crippen LogP contribution in [0, 0.1) is 0 Å². The third kappa shape index (κ3) is 3.29. The highest BCUT2D eigenvalue weighted by atomic mass is 28.3. The summed E-state index contributed by atoms with van der Waals surface area (Å²) in [5.74, 6) is 0. The van der Waals surface area contributed by atoms with Gasteiger partial charge in [-0.25, -0.2) is 0 Å². The monoisotopic (exact) mass is 347 g/mol. The van der Waals surface area contributed by atoms with Crippen molar-refractivity contribution in [2.24, 2.45) is 0 Å². The predicted molar refractivity (Wildman–Crippen MR) is 112 cm³/mol. The second-order valence-electron chi connectivity index (χ2n) is 8.36. The zero-order valence-electron chi connectivity index (χ0n) is 16.0. The van der Waals surface area contributed by atoms with Crippen LogP contribution in [0.1, 0.15) is 34.6 Å². The number of hydrogen-bond donors (Lipinski definition) is 1. The molecule has 0 bridgehead atoms. The van der Waals surface area contributed by atoms with E-state index in [0.717, 1.165) is 0 Å². The maximum atomic E-state index is 4.15. The fourth-order valence-electron chi connectivity index (χ4n) is 4.11. The summed E-state index contributed by atoms with van der Waals surface area (Å²) < 4.78 is 0. The summed E-state index contributed by atoms with van der Waals surface area (Å²) >= 11 is 0. The van der Waals surface area contributed by atoms with Crippen molar-refractivity contribution >= 4 is 18.6 Å². The lowest BCUT2D eigenvalue weighted by atomic mass is 10.1. The van der Waals surface area contributed by atoms with Crippen molar-refractivity contribution in [3.05, 3.63) is 84.5 Å². The van der Waals surface area contributed by atoms with Crippen LogP contribution in [0.4, 0.5) is 0 Å². The molecule has 3 rings (SSSR count). The average Bonchev–Trinajstić information content (AvgIpc) is 2.94. The van der Waals surface area contributed by atoms with E-state index in [4.69, 9.17) is 0 Å². The summed E-state index contributed by atoms with van der Waals surface area (Å²) in [6.07, 6.45) is 7.14. The highest BCUT2D eigenvalue weighted by Gasteiger charge is 2.53. The Morgan fingerprint density at radius 1 is 0.840 bits per heavy atom. The van der Waals surface area contributed by atoms with E-state index in [1.807, 2.05) is 0 Å². The second kappa shape index (κ2) is 6.43. The van der Waals surface area contributed by atoms with Crippen LogP contribution >= 0.6 is 0 Å². The molecule has 130 valence electrons. The third-order valence-corrected chi connectivity index (χ3v) is 10.5. The van der Waals surface area contributed by atoms with Gasteiger partial charge in [0.1, 0.15) is 0 Å². The Hall–Kier alpha value is -1.90. The summed E-state index contributed by atoms with van der Waals surface area (Å²) in [6, 6.07) is 22.1. The fourth-order valence-corrected chi connectivity index (χ4v) is 9.54. The summed E-state index contributed by atoms with van der Waals surface area (Å²) in [5.41, 5.74) is 1.36. The topological polar surface area (TPSA) is 12.0 Å². The molecule has 0 radical (unpaired) electrons. The van der Waals surface area contributed by atoms with E-state index in [0.29, 0.717) is 0 Å². The van der Waals surface area contributed by atoms with Gasteiger partial charge in [0.25, 0.3) is 0 Å². The molecule has 0 saturated heterocycles. The van der Waals surface area contributed by atoms with E-state index in [1.54, 1.807) is 0 Å². The van der Waals surface area contributed by atoms with E-state index < -0.39 is 8.24 Å². The first-order valence-electron chi connectivity index (χ1n) is 9.06. The summed E-state index contributed by atoms with van der Waals surface area (Å²) in [5, 5.41) is 2.83. The van der Waals surface area contributed by atoms with Gasteiger partial charge in [0.2, 0.25) is 8.24 Å². The minimum absolute atomic E-state index is 0.0130. The van der Waals surface area contributed by atoms with Crippen molar-refractivity contribution in [3.63, 3.8) is 0 Å². The van der Waals surface area contributed by atoms with Gasteiger partial charge < -0.3 is 4.98 Å². The van der Waals surface area contributed by atoms with Gasteiger partial charge >= 0.3 is 0 Å². The SMILES string of the molecule is CC1=CC(C)([Si](NC(C)(C)C)(c2ccccc2)c2ccccc2)C=C1. The highest BCUT2D eigenvalue weighted by molar-refractivity contribution is 7.03. The molecule has 0 amide bonds. The van der Waals surface area contributed by atoms with Crippen LogP contribution in [-0.4, -0.2) is 13.8 Å². The molecular weight excluding hydrogens is 318 g/mol. The first-order valence-corrected chi connectivity index (χ1v) is 11.1. The molecule has 1 N–H and O–H groups in total. The minimum atomic E-state index is -2.33. The molecule has 25 heavy (non-hydrogen) atoms. The molecule has 1 nitrogen and oxygen atoms in total. The summed E-state index contributed by atoms with van der Waals surface area (Å²) in [4.78, 5) is 4.15. The quantitative estimate of drug-likeness (QED) is 0.808. The first-order chi connectivity index (χ1) is 11.8. The molecule has 1 aliphatic carbocycles. The Bertz CT molecular complexity index is 744. The lowest BCUT2D eigenvalue weighted by Gasteiger charge is -2.48. The van der Waals surface area contributed by atoms with Gasteiger partial charge in [0.05, 0.1) is 0 Å². The van der Waals surface area contributed by atoms with Crippen molar-refractivity contribution in [1.82, 2.24) is 4.98 Å². The summed E-state index contributed by atoms with van der Waals surface area (Å²) in [6.45, 7) is 11.4. The molecule has 1 aliphatic rings. The zero-order valence-corrected chi connectivity index (χ0v) is 17.0. The molecular formula is C23H29NSi. The van der Waals surface area contributed by atoms with E-state index in [-0.39, 0.29) is 10.6 Å². The Morgan fingerprint density at radius 2 is 1.32 bits per heavy atom. The summed E-state index contributed by atoms with van der Waals surface area (Å²) in [7, 11) is -2.33. The normalized spacial score (nSPS) is 20.6. The first kappa shape index (κ1) is 17.9. The molecule has 0 aliphatic heterocycles. The molecule has 0 spiro atoms. The van der Waals surface area contributed by atoms with Gasteiger partial charge in [0.15, 0.2) is 0 Å². The van der Waals surface area contributed by atoms with E-state index in [2.05, 4.69) is 118 Å². The molecule has 0 fully saturated rings. The van der Waals surface area contributed by atoms with Crippen LogP contribution in [0.2, 0.25) is 5.04 Å². The van der Waals surface area contributed by atoms with Crippen LogP contribution in [0.3, 0.4) is 0 Å². The lowest BCUT2D eigenvalue weighted by Crippen LogP contribution is -2.77. The molecule has 1 unspecified atom stereocenters. The highest BCUT2D eigenvalue weighted by Crippen LogP contribution is 2.44. The van der Waals surface area contributed by atoms with Gasteiger partial charge in [0, 0.05) is 10.6 Å². The number of benzene rings is 2. The molecule has 2 heteroatoms. The van der Waals surface area contributed by atoms with E-state index in [9.17, 15) is 0 Å². The van der Waals surface area contributed by atoms with Gasteiger partial charge in [-0.3, -0.25) is 0 Å². The second-order valence-corrected chi connectivity index (χ2v) is 12.3. The smallest absolute Gasteiger partial charge is 0.204 e. The molecule has 2 aromatic rings. The van der Waals surface area contributed by atoms with Crippen LogP contribution in [-0.2, 0) is 0 Å². The maximum absolute atomic E-state index is 4.15. The number of nitrogens with one attached hydrogen (secondary N) is 1. The Kier molecular flexibility index (Phi) is 4.61. The fraction of sp³-hybridized carbons (Fsp3) is 0.304. The van der Waals surface area contributed by atoms with Crippen molar-refractivity contribution in [3.8, 4) is 0 Å². The van der Waals surface area contributed by atoms with Gasteiger partial charge in [-0.15, -0.1) is 0 Å². The standard InChI is InChI=1S/C23H29NSi/c1-19-16-17-23(5,18-19)25(24-22(2,3)4,20-12-8-6-9-13-20)21-14-10-7-11-15-21/h6-18,24H,1-5H3. The van der Waals surface area contributed by atoms with Crippen LogP contribution in [0.5, 0.6) is 0 Å². The molecule has 0 heterocycles. The van der Waals surface area contributed by atoms with Crippen molar-refractivity contribution in [2.45, 2.75) is 45.2 Å². The van der Waals surface area contributed by atoms with Gasteiger partial charge in [-0.1, -0.05) is 91.4 Å². The molecule has 2 aromatic carbocycles. The number of allylic oxidation sites excluding steroid dienone is 4. The molecule has 0 saturated carbocycles. The van der Waals surface area contributed by atoms with E-state index in [1.165, 1.54) is 15.9 Å². The Morgan fingerprint density at radius 3 is 1.68 bits per heavy atom. The molecule has 0 aromatic heterocycles. The maximum Gasteiger partial charge on any atom is 0.204 e. The van der Waals surface area contributed by atoms with Gasteiger partial charge in [-0.05, 0) is 38.1 Å². The molecule has 1 atom stereocenters. The zero-order chi connectivity index (χ0) is 18.1. The third-order valence-electron chi connectivity index (χ3n) is 5.00. The Labute approximate surface area is 153 Å². The number of rotatable bonds is 4. The van der Waals surface area contributed by atoms with Crippen LogP contribution in [0.15, 0.2) is 84.5 Å². The van der Waals surface area contributed by atoms with Crippen molar-refractivity contribution < 1.29 is 0 Å². The lowest BCUT2D eigenvalue weighted by molar-refractivity contribution is 0.508.